The Hall–Kier alpha value is -1.32. The third-order valence-electron chi connectivity index (χ3n) is 3.16. The highest BCUT2D eigenvalue weighted by Crippen LogP contribution is 2.29. The van der Waals surface area contributed by atoms with Gasteiger partial charge in [-0.15, -0.1) is 0 Å². The van der Waals surface area contributed by atoms with Crippen LogP contribution in [-0.4, -0.2) is 16.3 Å². The molecule has 3 nitrogen and oxygen atoms in total. The molecule has 1 heterocycles. The molecule has 4 heteroatoms. The highest BCUT2D eigenvalue weighted by Gasteiger charge is 2.19. The third-order valence-corrected chi connectivity index (χ3v) is 3.68. The van der Waals surface area contributed by atoms with Gasteiger partial charge in [0, 0.05) is 18.3 Å². The Morgan fingerprint density at radius 2 is 2.16 bits per heavy atom. The van der Waals surface area contributed by atoms with E-state index in [0.29, 0.717) is 0 Å². The first-order chi connectivity index (χ1) is 9.13. The van der Waals surface area contributed by atoms with Gasteiger partial charge in [0.25, 0.3) is 0 Å². The summed E-state index contributed by atoms with van der Waals surface area (Å²) in [6, 6.07) is 8.22. The zero-order valence-corrected chi connectivity index (χ0v) is 12.4. The van der Waals surface area contributed by atoms with E-state index in [1.807, 2.05) is 43.0 Å². The minimum atomic E-state index is 0.0496. The second-order valence-corrected chi connectivity index (χ2v) is 5.16. The molecule has 19 heavy (non-hydrogen) atoms. The summed E-state index contributed by atoms with van der Waals surface area (Å²) in [5.74, 6) is 0. The molecule has 0 saturated heterocycles. The van der Waals surface area contributed by atoms with Crippen molar-refractivity contribution < 1.29 is 0 Å². The lowest BCUT2D eigenvalue weighted by atomic mass is 10.0. The molecule has 1 atom stereocenters. The van der Waals surface area contributed by atoms with Gasteiger partial charge in [0.05, 0.1) is 11.7 Å². The lowest BCUT2D eigenvalue weighted by molar-refractivity contribution is 0.575. The maximum Gasteiger partial charge on any atom is 0.0839 e. The summed E-state index contributed by atoms with van der Waals surface area (Å²) in [7, 11) is 1.93. The van der Waals surface area contributed by atoms with E-state index in [1.54, 1.807) is 0 Å². The number of hydrogen-bond acceptors (Lipinski definition) is 2. The summed E-state index contributed by atoms with van der Waals surface area (Å²) in [4.78, 5) is 0. The lowest BCUT2D eigenvalue weighted by Crippen LogP contribution is -2.24. The molecule has 0 aliphatic heterocycles. The molecule has 0 aliphatic rings. The highest BCUT2D eigenvalue weighted by molar-refractivity contribution is 6.32. The Balaban J connectivity index is 2.39. The minimum Gasteiger partial charge on any atom is -0.305 e. The molecule has 0 aliphatic carbocycles. The fourth-order valence-corrected chi connectivity index (χ4v) is 2.38. The summed E-state index contributed by atoms with van der Waals surface area (Å²) >= 11 is 6.45. The van der Waals surface area contributed by atoms with Gasteiger partial charge in [-0.25, -0.2) is 0 Å². The van der Waals surface area contributed by atoms with Crippen LogP contribution in [0.3, 0.4) is 0 Å². The Kier molecular flexibility index (Phi) is 4.61. The molecule has 0 bridgehead atoms. The van der Waals surface area contributed by atoms with Crippen molar-refractivity contribution in [1.82, 2.24) is 15.1 Å². The van der Waals surface area contributed by atoms with Crippen molar-refractivity contribution in [1.29, 1.82) is 0 Å². The fourth-order valence-electron chi connectivity index (χ4n) is 2.14. The van der Waals surface area contributed by atoms with Gasteiger partial charge in [-0.2, -0.15) is 5.10 Å². The molecule has 1 aromatic heterocycles. The summed E-state index contributed by atoms with van der Waals surface area (Å²) in [6.45, 7) is 5.12. The normalized spacial score (nSPS) is 12.6. The van der Waals surface area contributed by atoms with E-state index in [9.17, 15) is 0 Å². The van der Waals surface area contributed by atoms with E-state index in [4.69, 9.17) is 11.6 Å². The van der Waals surface area contributed by atoms with Crippen LogP contribution in [-0.2, 0) is 7.05 Å². The van der Waals surface area contributed by atoms with Crippen LogP contribution in [0.25, 0.3) is 0 Å². The molecule has 2 aromatic rings. The van der Waals surface area contributed by atoms with Gasteiger partial charge in [0.2, 0.25) is 0 Å². The predicted molar refractivity (Wildman–Crippen MR) is 79.5 cm³/mol. The zero-order valence-electron chi connectivity index (χ0n) is 11.7. The average molecular weight is 278 g/mol. The van der Waals surface area contributed by atoms with E-state index in [0.717, 1.165) is 34.8 Å². The molecule has 1 aromatic carbocycles. The smallest absolute Gasteiger partial charge is 0.0839 e. The van der Waals surface area contributed by atoms with Gasteiger partial charge >= 0.3 is 0 Å². The van der Waals surface area contributed by atoms with Gasteiger partial charge in [-0.3, -0.25) is 4.68 Å². The first-order valence-electron chi connectivity index (χ1n) is 6.61. The number of nitrogens with one attached hydrogen (secondary N) is 1. The maximum atomic E-state index is 6.45. The summed E-state index contributed by atoms with van der Waals surface area (Å²) in [6.07, 6.45) is 3.03. The van der Waals surface area contributed by atoms with Crippen molar-refractivity contribution in [2.75, 3.05) is 6.54 Å². The van der Waals surface area contributed by atoms with Crippen molar-refractivity contribution in [3.63, 3.8) is 0 Å². The fraction of sp³-hybridized carbons (Fsp3) is 0.400. The maximum absolute atomic E-state index is 6.45. The van der Waals surface area contributed by atoms with Gasteiger partial charge in [-0.05, 0) is 37.1 Å². The molecule has 0 amide bonds. The van der Waals surface area contributed by atoms with E-state index in [1.165, 1.54) is 0 Å². The molecule has 102 valence electrons. The Morgan fingerprint density at radius 1 is 1.37 bits per heavy atom. The van der Waals surface area contributed by atoms with Crippen molar-refractivity contribution in [2.24, 2.45) is 7.05 Å². The highest BCUT2D eigenvalue weighted by atomic mass is 35.5. The minimum absolute atomic E-state index is 0.0496. The first-order valence-corrected chi connectivity index (χ1v) is 6.99. The molecule has 2 rings (SSSR count). The van der Waals surface area contributed by atoms with Gasteiger partial charge in [0.1, 0.15) is 0 Å². The SMILES string of the molecule is CCCNC(c1ccn(C)n1)c1cccc(C)c1Cl. The van der Waals surface area contributed by atoms with Crippen molar-refractivity contribution in [2.45, 2.75) is 26.3 Å². The largest absolute Gasteiger partial charge is 0.305 e. The number of nitrogens with zero attached hydrogens (tertiary/aromatic N) is 2. The van der Waals surface area contributed by atoms with Crippen molar-refractivity contribution in [3.05, 3.63) is 52.3 Å². The van der Waals surface area contributed by atoms with E-state index < -0.39 is 0 Å². The number of halogens is 1. The predicted octanol–water partition coefficient (Wildman–Crippen LogP) is 3.47. The molecule has 1 N–H and O–H groups in total. The van der Waals surface area contributed by atoms with Crippen LogP contribution in [0.5, 0.6) is 0 Å². The first kappa shape index (κ1) is 14.1. The lowest BCUT2D eigenvalue weighted by Gasteiger charge is -2.19. The number of aryl methyl sites for hydroxylation is 2. The molecule has 0 radical (unpaired) electrons. The molecule has 0 fully saturated rings. The Morgan fingerprint density at radius 3 is 2.79 bits per heavy atom. The second kappa shape index (κ2) is 6.22. The summed E-state index contributed by atoms with van der Waals surface area (Å²) < 4.78 is 1.82. The van der Waals surface area contributed by atoms with E-state index >= 15 is 0 Å². The molecule has 0 saturated carbocycles. The average Bonchev–Trinajstić information content (AvgIpc) is 2.81. The summed E-state index contributed by atoms with van der Waals surface area (Å²) in [5.41, 5.74) is 3.19. The van der Waals surface area contributed by atoms with Crippen LogP contribution in [0, 0.1) is 6.92 Å². The standard InChI is InChI=1S/C15H20ClN3/c1-4-9-17-15(13-8-10-19(3)18-13)12-7-5-6-11(2)14(12)16/h5-8,10,15,17H,4,9H2,1-3H3. The topological polar surface area (TPSA) is 29.9 Å². The van der Waals surface area contributed by atoms with Gasteiger partial charge in [0.15, 0.2) is 0 Å². The number of aromatic nitrogens is 2. The zero-order chi connectivity index (χ0) is 13.8. The van der Waals surface area contributed by atoms with Crippen molar-refractivity contribution in [3.8, 4) is 0 Å². The number of benzene rings is 1. The van der Waals surface area contributed by atoms with Crippen LogP contribution in [0.1, 0.15) is 36.2 Å². The summed E-state index contributed by atoms with van der Waals surface area (Å²) in [5, 5.41) is 8.85. The monoisotopic (exact) mass is 277 g/mol. The molecular formula is C15H20ClN3. The quantitative estimate of drug-likeness (QED) is 0.907. The molecule has 0 spiro atoms. The Bertz CT molecular complexity index is 548. The van der Waals surface area contributed by atoms with Gasteiger partial charge in [-0.1, -0.05) is 36.7 Å². The number of rotatable bonds is 5. The van der Waals surface area contributed by atoms with Crippen molar-refractivity contribution >= 4 is 11.6 Å². The van der Waals surface area contributed by atoms with Crippen LogP contribution in [0.15, 0.2) is 30.5 Å². The van der Waals surface area contributed by atoms with E-state index in [2.05, 4.69) is 23.4 Å². The van der Waals surface area contributed by atoms with E-state index in [-0.39, 0.29) is 6.04 Å². The number of hydrogen-bond donors (Lipinski definition) is 1. The van der Waals surface area contributed by atoms with Crippen LogP contribution < -0.4 is 5.32 Å². The molecule has 1 unspecified atom stereocenters. The molecular weight excluding hydrogens is 258 g/mol. The second-order valence-electron chi connectivity index (χ2n) is 4.78. The van der Waals surface area contributed by atoms with Crippen LogP contribution in [0.4, 0.5) is 0 Å². The third kappa shape index (κ3) is 3.17. The van der Waals surface area contributed by atoms with Gasteiger partial charge < -0.3 is 5.32 Å². The Labute approximate surface area is 119 Å². The van der Waals surface area contributed by atoms with Crippen LogP contribution >= 0.6 is 11.6 Å². The van der Waals surface area contributed by atoms with Crippen LogP contribution in [0.2, 0.25) is 5.02 Å².